The molecule has 1 saturated heterocycles. The summed E-state index contributed by atoms with van der Waals surface area (Å²) in [5, 5.41) is 14.6. The molecule has 0 aromatic heterocycles. The first kappa shape index (κ1) is 25.1. The molecule has 8 nitrogen and oxygen atoms in total. The predicted octanol–water partition coefficient (Wildman–Crippen LogP) is 3.25. The van der Waals surface area contributed by atoms with Crippen molar-refractivity contribution in [1.29, 1.82) is 0 Å². The van der Waals surface area contributed by atoms with Gasteiger partial charge in [0.25, 0.3) is 0 Å². The van der Waals surface area contributed by atoms with Crippen LogP contribution in [0.25, 0.3) is 11.1 Å². The number of fused-ring (bicyclic) bond motifs is 3. The van der Waals surface area contributed by atoms with Crippen LogP contribution in [-0.4, -0.2) is 67.0 Å². The number of carbonyl (C=O) groups is 3. The van der Waals surface area contributed by atoms with Crippen LogP contribution in [0.2, 0.25) is 0 Å². The molecule has 9 heteroatoms. The van der Waals surface area contributed by atoms with E-state index in [1.54, 1.807) is 11.8 Å². The van der Waals surface area contributed by atoms with E-state index in [1.165, 1.54) is 0 Å². The number of alkyl carbamates (subject to hydrolysis) is 1. The van der Waals surface area contributed by atoms with E-state index in [4.69, 9.17) is 14.6 Å². The molecule has 2 amide bonds. The molecule has 1 aliphatic carbocycles. The van der Waals surface area contributed by atoms with Crippen molar-refractivity contribution in [1.82, 2.24) is 10.6 Å². The highest BCUT2D eigenvalue weighted by molar-refractivity contribution is 7.98. The van der Waals surface area contributed by atoms with Crippen LogP contribution < -0.4 is 10.6 Å². The standard InChI is InChI=1S/C26H30N2O6S/c1-35-11-10-23(24(29)27-13-17-12-16(14-33-17)25(30)31)28-26(32)34-15-22-20-8-4-2-6-18(20)19-7-3-5-9-21(19)22/h2-9,16-17,22-23H,10-15H2,1H3,(H,27,29)(H,28,32)(H,30,31)/t16?,17?,23-/m1/s1. The molecule has 0 bridgehead atoms. The van der Waals surface area contributed by atoms with Crippen molar-refractivity contribution in [3.63, 3.8) is 0 Å². The molecule has 1 heterocycles. The van der Waals surface area contributed by atoms with Crippen LogP contribution in [0.4, 0.5) is 4.79 Å². The molecule has 3 atom stereocenters. The Morgan fingerprint density at radius 3 is 2.37 bits per heavy atom. The van der Waals surface area contributed by atoms with Gasteiger partial charge < -0.3 is 25.2 Å². The summed E-state index contributed by atoms with van der Waals surface area (Å²) in [6.07, 6.45) is 1.73. The first-order chi connectivity index (χ1) is 17.0. The van der Waals surface area contributed by atoms with Crippen molar-refractivity contribution < 1.29 is 29.0 Å². The third-order valence-electron chi connectivity index (χ3n) is 6.50. The van der Waals surface area contributed by atoms with E-state index < -0.39 is 24.0 Å². The van der Waals surface area contributed by atoms with Crippen LogP contribution >= 0.6 is 11.8 Å². The molecular formula is C26H30N2O6S. The predicted molar refractivity (Wildman–Crippen MR) is 133 cm³/mol. The van der Waals surface area contributed by atoms with Gasteiger partial charge in [0.2, 0.25) is 5.91 Å². The minimum atomic E-state index is -0.895. The lowest BCUT2D eigenvalue weighted by Crippen LogP contribution is -2.48. The molecule has 0 saturated carbocycles. The number of carboxylic acid groups (broad SMARTS) is 1. The number of hydrogen-bond acceptors (Lipinski definition) is 6. The van der Waals surface area contributed by atoms with Crippen molar-refractivity contribution in [2.24, 2.45) is 5.92 Å². The lowest BCUT2D eigenvalue weighted by atomic mass is 9.98. The minimum absolute atomic E-state index is 0.0617. The van der Waals surface area contributed by atoms with Gasteiger partial charge in [0.15, 0.2) is 0 Å². The summed E-state index contributed by atoms with van der Waals surface area (Å²) in [4.78, 5) is 36.5. The van der Waals surface area contributed by atoms with Gasteiger partial charge in [-0.05, 0) is 47.1 Å². The molecule has 35 heavy (non-hydrogen) atoms. The van der Waals surface area contributed by atoms with Gasteiger partial charge in [0.1, 0.15) is 12.6 Å². The lowest BCUT2D eigenvalue weighted by Gasteiger charge is -2.20. The molecule has 2 unspecified atom stereocenters. The Morgan fingerprint density at radius 1 is 1.11 bits per heavy atom. The van der Waals surface area contributed by atoms with E-state index in [2.05, 4.69) is 34.9 Å². The summed E-state index contributed by atoms with van der Waals surface area (Å²) in [7, 11) is 0. The average Bonchev–Trinajstić information content (AvgIpc) is 3.47. The summed E-state index contributed by atoms with van der Waals surface area (Å²) in [5.41, 5.74) is 4.53. The Labute approximate surface area is 208 Å². The number of thioether (sulfide) groups is 1. The molecule has 1 aliphatic heterocycles. The lowest BCUT2D eigenvalue weighted by molar-refractivity contribution is -0.141. The van der Waals surface area contributed by atoms with E-state index in [9.17, 15) is 14.4 Å². The third-order valence-corrected chi connectivity index (χ3v) is 7.14. The van der Waals surface area contributed by atoms with E-state index in [0.29, 0.717) is 18.6 Å². The minimum Gasteiger partial charge on any atom is -0.481 e. The maximum atomic E-state index is 12.8. The number of amides is 2. The van der Waals surface area contributed by atoms with Gasteiger partial charge in [-0.1, -0.05) is 48.5 Å². The van der Waals surface area contributed by atoms with Gasteiger partial charge in [-0.15, -0.1) is 0 Å². The topological polar surface area (TPSA) is 114 Å². The van der Waals surface area contributed by atoms with Gasteiger partial charge in [0.05, 0.1) is 18.6 Å². The normalized spacial score (nSPS) is 19.5. The van der Waals surface area contributed by atoms with E-state index in [-0.39, 0.29) is 37.7 Å². The van der Waals surface area contributed by atoms with Gasteiger partial charge in [-0.2, -0.15) is 11.8 Å². The Hall–Kier alpha value is -3.04. The van der Waals surface area contributed by atoms with Crippen molar-refractivity contribution in [3.8, 4) is 11.1 Å². The first-order valence-electron chi connectivity index (χ1n) is 11.7. The summed E-state index contributed by atoms with van der Waals surface area (Å²) in [6.45, 7) is 0.512. The number of carboxylic acids is 1. The molecule has 2 aliphatic rings. The maximum absolute atomic E-state index is 12.8. The van der Waals surface area contributed by atoms with Crippen LogP contribution in [0.15, 0.2) is 48.5 Å². The number of aliphatic carboxylic acids is 1. The fourth-order valence-electron chi connectivity index (χ4n) is 4.64. The Morgan fingerprint density at radius 2 is 1.77 bits per heavy atom. The quantitative estimate of drug-likeness (QED) is 0.461. The van der Waals surface area contributed by atoms with E-state index in [0.717, 1.165) is 22.3 Å². The zero-order chi connectivity index (χ0) is 24.8. The summed E-state index contributed by atoms with van der Waals surface area (Å²) < 4.78 is 11.1. The molecule has 0 radical (unpaired) electrons. The van der Waals surface area contributed by atoms with Gasteiger partial charge >= 0.3 is 12.1 Å². The van der Waals surface area contributed by atoms with Crippen LogP contribution in [-0.2, 0) is 19.1 Å². The van der Waals surface area contributed by atoms with Gasteiger partial charge in [0, 0.05) is 12.5 Å². The van der Waals surface area contributed by atoms with Crippen molar-refractivity contribution in [2.75, 3.05) is 31.8 Å². The fraction of sp³-hybridized carbons (Fsp3) is 0.423. The molecule has 2 aromatic rings. The van der Waals surface area contributed by atoms with E-state index in [1.807, 2.05) is 30.5 Å². The van der Waals surface area contributed by atoms with Crippen LogP contribution in [0.3, 0.4) is 0 Å². The number of benzene rings is 2. The van der Waals surface area contributed by atoms with Gasteiger partial charge in [-0.25, -0.2) is 4.79 Å². The first-order valence-corrected chi connectivity index (χ1v) is 13.1. The summed E-state index contributed by atoms with van der Waals surface area (Å²) in [6, 6.07) is 15.5. The molecule has 0 spiro atoms. The molecule has 2 aromatic carbocycles. The van der Waals surface area contributed by atoms with Crippen LogP contribution in [0.5, 0.6) is 0 Å². The number of ether oxygens (including phenoxy) is 2. The van der Waals surface area contributed by atoms with Gasteiger partial charge in [-0.3, -0.25) is 9.59 Å². The van der Waals surface area contributed by atoms with Crippen LogP contribution in [0, 0.1) is 5.92 Å². The van der Waals surface area contributed by atoms with E-state index >= 15 is 0 Å². The number of hydrogen-bond donors (Lipinski definition) is 3. The molecule has 3 N–H and O–H groups in total. The largest absolute Gasteiger partial charge is 0.481 e. The van der Waals surface area contributed by atoms with Crippen molar-refractivity contribution in [3.05, 3.63) is 59.7 Å². The second kappa shape index (κ2) is 11.6. The summed E-state index contributed by atoms with van der Waals surface area (Å²) in [5.74, 6) is -1.16. The second-order valence-electron chi connectivity index (χ2n) is 8.78. The Balaban J connectivity index is 1.32. The zero-order valence-corrected chi connectivity index (χ0v) is 20.4. The average molecular weight is 499 g/mol. The highest BCUT2D eigenvalue weighted by Crippen LogP contribution is 2.44. The summed E-state index contributed by atoms with van der Waals surface area (Å²) >= 11 is 1.58. The molecule has 186 valence electrons. The smallest absolute Gasteiger partial charge is 0.407 e. The highest BCUT2D eigenvalue weighted by Gasteiger charge is 2.32. The Bertz CT molecular complexity index is 1030. The number of carbonyl (C=O) groups excluding carboxylic acids is 2. The molecule has 1 fully saturated rings. The fourth-order valence-corrected chi connectivity index (χ4v) is 5.12. The number of rotatable bonds is 10. The highest BCUT2D eigenvalue weighted by atomic mass is 32.2. The van der Waals surface area contributed by atoms with Crippen molar-refractivity contribution in [2.45, 2.75) is 30.9 Å². The monoisotopic (exact) mass is 498 g/mol. The van der Waals surface area contributed by atoms with Crippen molar-refractivity contribution >= 4 is 29.7 Å². The SMILES string of the molecule is CSCC[C@@H](NC(=O)OCC1c2ccccc2-c2ccccc21)C(=O)NCC1CC(C(=O)O)CO1. The Kier molecular flexibility index (Phi) is 8.30. The molecule has 4 rings (SSSR count). The zero-order valence-electron chi connectivity index (χ0n) is 19.6. The maximum Gasteiger partial charge on any atom is 0.407 e. The van der Waals surface area contributed by atoms with Crippen LogP contribution in [0.1, 0.15) is 29.9 Å². The second-order valence-corrected chi connectivity index (χ2v) is 9.76. The molecular weight excluding hydrogens is 468 g/mol. The third kappa shape index (κ3) is 5.97. The number of nitrogens with one attached hydrogen (secondary N) is 2.